The third kappa shape index (κ3) is 4.03. The van der Waals surface area contributed by atoms with Gasteiger partial charge in [0.1, 0.15) is 0 Å². The summed E-state index contributed by atoms with van der Waals surface area (Å²) in [5.74, 6) is -0.178. The van der Waals surface area contributed by atoms with Gasteiger partial charge in [0.15, 0.2) is 0 Å². The summed E-state index contributed by atoms with van der Waals surface area (Å²) in [4.78, 5) is 12.1. The molecule has 1 aliphatic rings. The molecule has 2 N–H and O–H groups in total. The SMILES string of the molecule is COCc1cccc(C(=O)NCC2(O)CCOCC2)c1. The average Bonchev–Trinajstić information content (AvgIpc) is 2.46. The third-order valence-corrected chi connectivity index (χ3v) is 3.50. The van der Waals surface area contributed by atoms with Crippen molar-refractivity contribution in [3.8, 4) is 0 Å². The number of rotatable bonds is 5. The molecule has 1 heterocycles. The Balaban J connectivity index is 1.92. The Morgan fingerprint density at radius 2 is 2.20 bits per heavy atom. The molecule has 2 rings (SSSR count). The molecule has 0 saturated carbocycles. The summed E-state index contributed by atoms with van der Waals surface area (Å²) in [6.07, 6.45) is 1.11. The van der Waals surface area contributed by atoms with Crippen LogP contribution in [-0.2, 0) is 16.1 Å². The zero-order valence-corrected chi connectivity index (χ0v) is 11.7. The minimum absolute atomic E-state index is 0.178. The maximum Gasteiger partial charge on any atom is 0.251 e. The molecule has 20 heavy (non-hydrogen) atoms. The zero-order chi connectivity index (χ0) is 14.4. The molecule has 5 nitrogen and oxygen atoms in total. The van der Waals surface area contributed by atoms with Gasteiger partial charge in [-0.25, -0.2) is 0 Å². The second kappa shape index (κ2) is 6.83. The minimum atomic E-state index is -0.849. The second-order valence-corrected chi connectivity index (χ2v) is 5.15. The van der Waals surface area contributed by atoms with Crippen molar-refractivity contribution in [2.24, 2.45) is 0 Å². The molecule has 1 saturated heterocycles. The van der Waals surface area contributed by atoms with Crippen molar-refractivity contribution in [1.29, 1.82) is 0 Å². The Kier molecular flexibility index (Phi) is 5.11. The summed E-state index contributed by atoms with van der Waals surface area (Å²) in [5, 5.41) is 13.1. The van der Waals surface area contributed by atoms with Crippen LogP contribution in [0.4, 0.5) is 0 Å². The standard InChI is InChI=1S/C15H21NO4/c1-19-10-12-3-2-4-13(9-12)14(17)16-11-15(18)5-7-20-8-6-15/h2-4,9,18H,5-8,10-11H2,1H3,(H,16,17). The normalized spacial score (nSPS) is 17.7. The van der Waals surface area contributed by atoms with Crippen LogP contribution in [0.5, 0.6) is 0 Å². The van der Waals surface area contributed by atoms with E-state index in [1.54, 1.807) is 19.2 Å². The van der Waals surface area contributed by atoms with E-state index in [0.29, 0.717) is 38.2 Å². The number of hydrogen-bond donors (Lipinski definition) is 2. The first-order valence-electron chi connectivity index (χ1n) is 6.79. The summed E-state index contributed by atoms with van der Waals surface area (Å²) >= 11 is 0. The lowest BCUT2D eigenvalue weighted by atomic mass is 9.94. The maximum absolute atomic E-state index is 12.1. The van der Waals surface area contributed by atoms with E-state index in [4.69, 9.17) is 9.47 Å². The van der Waals surface area contributed by atoms with Crippen LogP contribution in [0.1, 0.15) is 28.8 Å². The van der Waals surface area contributed by atoms with Gasteiger partial charge in [-0.05, 0) is 17.7 Å². The number of carbonyl (C=O) groups is 1. The van der Waals surface area contributed by atoms with Gasteiger partial charge in [0.05, 0.1) is 12.2 Å². The Bertz CT molecular complexity index is 455. The van der Waals surface area contributed by atoms with Gasteiger partial charge >= 0.3 is 0 Å². The molecule has 1 aliphatic heterocycles. The van der Waals surface area contributed by atoms with Crippen molar-refractivity contribution in [2.45, 2.75) is 25.0 Å². The molecule has 1 fully saturated rings. The number of methoxy groups -OCH3 is 1. The number of amides is 1. The van der Waals surface area contributed by atoms with Crippen molar-refractivity contribution >= 4 is 5.91 Å². The van der Waals surface area contributed by atoms with Crippen molar-refractivity contribution < 1.29 is 19.4 Å². The lowest BCUT2D eigenvalue weighted by Crippen LogP contribution is -2.46. The van der Waals surface area contributed by atoms with Gasteiger partial charge in [0.25, 0.3) is 5.91 Å². The van der Waals surface area contributed by atoms with Gasteiger partial charge in [-0.15, -0.1) is 0 Å². The smallest absolute Gasteiger partial charge is 0.251 e. The van der Waals surface area contributed by atoms with Crippen molar-refractivity contribution in [3.05, 3.63) is 35.4 Å². The predicted octanol–water partition coefficient (Wildman–Crippen LogP) is 1.10. The fourth-order valence-corrected chi connectivity index (χ4v) is 2.24. The summed E-state index contributed by atoms with van der Waals surface area (Å²) in [6.45, 7) is 1.80. The maximum atomic E-state index is 12.1. The Morgan fingerprint density at radius 3 is 2.90 bits per heavy atom. The van der Waals surface area contributed by atoms with Gasteiger partial charge in [-0.1, -0.05) is 12.1 Å². The minimum Gasteiger partial charge on any atom is -0.388 e. The number of benzene rings is 1. The highest BCUT2D eigenvalue weighted by Gasteiger charge is 2.30. The van der Waals surface area contributed by atoms with Crippen LogP contribution in [0.3, 0.4) is 0 Å². The van der Waals surface area contributed by atoms with E-state index in [-0.39, 0.29) is 12.5 Å². The van der Waals surface area contributed by atoms with Gasteiger partial charge in [0, 0.05) is 45.3 Å². The van der Waals surface area contributed by atoms with Crippen molar-refractivity contribution in [2.75, 3.05) is 26.9 Å². The Labute approximate surface area is 118 Å². The number of nitrogens with one attached hydrogen (secondary N) is 1. The van der Waals surface area contributed by atoms with Crippen LogP contribution in [0.2, 0.25) is 0 Å². The zero-order valence-electron chi connectivity index (χ0n) is 11.7. The molecule has 1 aromatic carbocycles. The summed E-state index contributed by atoms with van der Waals surface area (Å²) in [5.41, 5.74) is 0.679. The average molecular weight is 279 g/mol. The van der Waals surface area contributed by atoms with Crippen LogP contribution in [0.25, 0.3) is 0 Å². The van der Waals surface area contributed by atoms with Gasteiger partial charge in [0.2, 0.25) is 0 Å². The van der Waals surface area contributed by atoms with Crippen LogP contribution >= 0.6 is 0 Å². The predicted molar refractivity (Wildman–Crippen MR) is 74.5 cm³/mol. The van der Waals surface area contributed by atoms with Crippen LogP contribution in [0, 0.1) is 0 Å². The van der Waals surface area contributed by atoms with Crippen LogP contribution in [0.15, 0.2) is 24.3 Å². The van der Waals surface area contributed by atoms with E-state index in [9.17, 15) is 9.90 Å². The number of ether oxygens (including phenoxy) is 2. The van der Waals surface area contributed by atoms with Crippen LogP contribution in [-0.4, -0.2) is 43.5 Å². The highest BCUT2D eigenvalue weighted by atomic mass is 16.5. The highest BCUT2D eigenvalue weighted by Crippen LogP contribution is 2.19. The van der Waals surface area contributed by atoms with Crippen LogP contribution < -0.4 is 5.32 Å². The summed E-state index contributed by atoms with van der Waals surface area (Å²) in [6, 6.07) is 7.29. The van der Waals surface area contributed by atoms with Gasteiger partial charge < -0.3 is 19.9 Å². The monoisotopic (exact) mass is 279 g/mol. The molecule has 0 bridgehead atoms. The number of aliphatic hydroxyl groups is 1. The van der Waals surface area contributed by atoms with E-state index in [2.05, 4.69) is 5.32 Å². The highest BCUT2D eigenvalue weighted by molar-refractivity contribution is 5.94. The van der Waals surface area contributed by atoms with E-state index < -0.39 is 5.60 Å². The fraction of sp³-hybridized carbons (Fsp3) is 0.533. The number of hydrogen-bond acceptors (Lipinski definition) is 4. The molecular weight excluding hydrogens is 258 g/mol. The second-order valence-electron chi connectivity index (χ2n) is 5.15. The molecule has 110 valence electrons. The molecule has 0 atom stereocenters. The number of carbonyl (C=O) groups excluding carboxylic acids is 1. The molecular formula is C15H21NO4. The Hall–Kier alpha value is -1.43. The molecule has 5 heteroatoms. The van der Waals surface area contributed by atoms with Gasteiger partial charge in [-0.3, -0.25) is 4.79 Å². The lowest BCUT2D eigenvalue weighted by molar-refractivity contribution is -0.0605. The summed E-state index contributed by atoms with van der Waals surface area (Å²) < 4.78 is 10.3. The molecule has 0 aliphatic carbocycles. The Morgan fingerprint density at radius 1 is 1.45 bits per heavy atom. The quantitative estimate of drug-likeness (QED) is 0.847. The lowest BCUT2D eigenvalue weighted by Gasteiger charge is -2.32. The summed E-state index contributed by atoms with van der Waals surface area (Å²) in [7, 11) is 1.62. The first-order valence-corrected chi connectivity index (χ1v) is 6.79. The fourth-order valence-electron chi connectivity index (χ4n) is 2.24. The van der Waals surface area contributed by atoms with E-state index in [1.807, 2.05) is 12.1 Å². The molecule has 0 spiro atoms. The van der Waals surface area contributed by atoms with Gasteiger partial charge in [-0.2, -0.15) is 0 Å². The van der Waals surface area contributed by atoms with E-state index >= 15 is 0 Å². The molecule has 1 amide bonds. The molecule has 1 aromatic rings. The molecule has 0 unspecified atom stereocenters. The van der Waals surface area contributed by atoms with Crippen molar-refractivity contribution in [3.63, 3.8) is 0 Å². The third-order valence-electron chi connectivity index (χ3n) is 3.50. The molecule has 0 radical (unpaired) electrons. The largest absolute Gasteiger partial charge is 0.388 e. The van der Waals surface area contributed by atoms with Crippen molar-refractivity contribution in [1.82, 2.24) is 5.32 Å². The van der Waals surface area contributed by atoms with E-state index in [0.717, 1.165) is 5.56 Å². The molecule has 0 aromatic heterocycles. The first-order chi connectivity index (χ1) is 9.63. The first kappa shape index (κ1) is 15.0. The topological polar surface area (TPSA) is 67.8 Å². The van der Waals surface area contributed by atoms with E-state index in [1.165, 1.54) is 0 Å².